The Morgan fingerprint density at radius 3 is 2.73 bits per heavy atom. The summed E-state index contributed by atoms with van der Waals surface area (Å²) in [6.07, 6.45) is 0. The van der Waals surface area contributed by atoms with E-state index in [1.54, 1.807) is 6.07 Å². The summed E-state index contributed by atoms with van der Waals surface area (Å²) >= 11 is 2.23. The molecule has 6 nitrogen and oxygen atoms in total. The van der Waals surface area contributed by atoms with E-state index in [1.165, 1.54) is 19.2 Å². The molecule has 3 aromatic rings. The van der Waals surface area contributed by atoms with Crippen LogP contribution in [-0.4, -0.2) is 23.9 Å². The second kappa shape index (κ2) is 8.30. The van der Waals surface area contributed by atoms with Crippen molar-refractivity contribution in [1.82, 2.24) is 10.1 Å². The molecule has 0 fully saturated rings. The molecule has 0 aliphatic carbocycles. The summed E-state index contributed by atoms with van der Waals surface area (Å²) in [5, 5.41) is 7.13. The maximum absolute atomic E-state index is 12.4. The first-order valence-corrected chi connectivity index (χ1v) is 8.59. The molecule has 0 saturated carbocycles. The summed E-state index contributed by atoms with van der Waals surface area (Å²) in [5.74, 6) is 0.819. The lowest BCUT2D eigenvalue weighted by molar-refractivity contribution is -0.0512. The number of methoxy groups -OCH3 is 1. The zero-order valence-electron chi connectivity index (χ0n) is 13.6. The predicted molar refractivity (Wildman–Crippen MR) is 99.4 cm³/mol. The van der Waals surface area contributed by atoms with Gasteiger partial charge in [-0.15, -0.1) is 0 Å². The SMILES string of the molecule is COc1cc(-c2noc(CNc3ccccc3I)n2)ccc1OC(F)F. The highest BCUT2D eigenvalue weighted by molar-refractivity contribution is 14.1. The lowest BCUT2D eigenvalue weighted by Gasteiger charge is -2.10. The van der Waals surface area contributed by atoms with Crippen LogP contribution in [0.3, 0.4) is 0 Å². The molecule has 0 spiro atoms. The highest BCUT2D eigenvalue weighted by Crippen LogP contribution is 2.32. The van der Waals surface area contributed by atoms with Crippen molar-refractivity contribution < 1.29 is 22.8 Å². The molecule has 0 atom stereocenters. The van der Waals surface area contributed by atoms with Gasteiger partial charge in [0.25, 0.3) is 0 Å². The fourth-order valence-electron chi connectivity index (χ4n) is 2.22. The number of nitrogens with one attached hydrogen (secondary N) is 1. The summed E-state index contributed by atoms with van der Waals surface area (Å²) < 4.78 is 40.6. The highest BCUT2D eigenvalue weighted by atomic mass is 127. The zero-order valence-corrected chi connectivity index (χ0v) is 15.7. The molecule has 1 N–H and O–H groups in total. The van der Waals surface area contributed by atoms with Gasteiger partial charge in [0.15, 0.2) is 11.5 Å². The van der Waals surface area contributed by atoms with Gasteiger partial charge in [0.1, 0.15) is 0 Å². The Bertz CT molecular complexity index is 889. The van der Waals surface area contributed by atoms with Crippen LogP contribution < -0.4 is 14.8 Å². The van der Waals surface area contributed by atoms with Crippen molar-refractivity contribution >= 4 is 28.3 Å². The second-order valence-corrected chi connectivity index (χ2v) is 6.25. The van der Waals surface area contributed by atoms with E-state index in [1.807, 2.05) is 24.3 Å². The summed E-state index contributed by atoms with van der Waals surface area (Å²) in [5.41, 5.74) is 1.52. The van der Waals surface area contributed by atoms with Gasteiger partial charge < -0.3 is 19.3 Å². The van der Waals surface area contributed by atoms with Gasteiger partial charge in [0.05, 0.1) is 13.7 Å². The van der Waals surface area contributed by atoms with E-state index in [2.05, 4.69) is 42.8 Å². The molecule has 0 aliphatic rings. The number of nitrogens with zero attached hydrogens (tertiary/aromatic N) is 2. The zero-order chi connectivity index (χ0) is 18.5. The molecular formula is C17H14F2IN3O3. The molecule has 0 saturated heterocycles. The number of alkyl halides is 2. The molecule has 0 radical (unpaired) electrons. The van der Waals surface area contributed by atoms with Crippen LogP contribution in [0.25, 0.3) is 11.4 Å². The first-order chi connectivity index (χ1) is 12.6. The van der Waals surface area contributed by atoms with Crippen LogP contribution in [0.4, 0.5) is 14.5 Å². The lowest BCUT2D eigenvalue weighted by atomic mass is 10.2. The molecule has 26 heavy (non-hydrogen) atoms. The van der Waals surface area contributed by atoms with Crippen LogP contribution in [0.5, 0.6) is 11.5 Å². The third-order valence-electron chi connectivity index (χ3n) is 3.41. The smallest absolute Gasteiger partial charge is 0.387 e. The molecule has 0 bridgehead atoms. The van der Waals surface area contributed by atoms with E-state index >= 15 is 0 Å². The molecule has 1 heterocycles. The van der Waals surface area contributed by atoms with Gasteiger partial charge in [0.2, 0.25) is 11.7 Å². The van der Waals surface area contributed by atoms with Gasteiger partial charge in [-0.1, -0.05) is 17.3 Å². The fourth-order valence-corrected chi connectivity index (χ4v) is 2.80. The van der Waals surface area contributed by atoms with E-state index in [-0.39, 0.29) is 11.5 Å². The number of aromatic nitrogens is 2. The summed E-state index contributed by atoms with van der Waals surface area (Å²) in [6, 6.07) is 12.3. The van der Waals surface area contributed by atoms with E-state index in [4.69, 9.17) is 9.26 Å². The van der Waals surface area contributed by atoms with Gasteiger partial charge in [0, 0.05) is 14.8 Å². The number of hydrogen-bond donors (Lipinski definition) is 1. The van der Waals surface area contributed by atoms with Gasteiger partial charge >= 0.3 is 6.61 Å². The average molecular weight is 473 g/mol. The Kier molecular flexibility index (Phi) is 5.86. The number of rotatable bonds is 7. The van der Waals surface area contributed by atoms with E-state index in [0.29, 0.717) is 23.8 Å². The molecule has 9 heteroatoms. The highest BCUT2D eigenvalue weighted by Gasteiger charge is 2.15. The van der Waals surface area contributed by atoms with E-state index in [0.717, 1.165) is 9.26 Å². The first kappa shape index (κ1) is 18.4. The minimum Gasteiger partial charge on any atom is -0.493 e. The largest absolute Gasteiger partial charge is 0.493 e. The van der Waals surface area contributed by atoms with Crippen LogP contribution >= 0.6 is 22.6 Å². The first-order valence-electron chi connectivity index (χ1n) is 7.51. The third-order valence-corrected chi connectivity index (χ3v) is 4.35. The molecule has 136 valence electrons. The second-order valence-electron chi connectivity index (χ2n) is 5.09. The van der Waals surface area contributed by atoms with Crippen LogP contribution in [0.15, 0.2) is 47.0 Å². The maximum atomic E-state index is 12.4. The Balaban J connectivity index is 1.74. The van der Waals surface area contributed by atoms with Crippen molar-refractivity contribution in [2.45, 2.75) is 13.2 Å². The molecule has 0 unspecified atom stereocenters. The van der Waals surface area contributed by atoms with Crippen molar-refractivity contribution in [3.8, 4) is 22.9 Å². The quantitative estimate of drug-likeness (QED) is 0.508. The Labute approximate surface area is 161 Å². The fraction of sp³-hybridized carbons (Fsp3) is 0.176. The van der Waals surface area contributed by atoms with Crippen LogP contribution in [0.1, 0.15) is 5.89 Å². The molecule has 0 amide bonds. The monoisotopic (exact) mass is 473 g/mol. The van der Waals surface area contributed by atoms with Gasteiger partial charge in [-0.2, -0.15) is 13.8 Å². The van der Waals surface area contributed by atoms with Crippen LogP contribution in [0.2, 0.25) is 0 Å². The van der Waals surface area contributed by atoms with Crippen molar-refractivity contribution in [3.05, 3.63) is 51.9 Å². The van der Waals surface area contributed by atoms with Crippen molar-refractivity contribution in [1.29, 1.82) is 0 Å². The predicted octanol–water partition coefficient (Wildman–Crippen LogP) is 4.56. The molecular weight excluding hydrogens is 459 g/mol. The van der Waals surface area contributed by atoms with Gasteiger partial charge in [-0.25, -0.2) is 0 Å². The average Bonchev–Trinajstić information content (AvgIpc) is 3.10. The van der Waals surface area contributed by atoms with Crippen LogP contribution in [0, 0.1) is 3.57 Å². The standard InChI is InChI=1S/C17H14F2IN3O3/c1-24-14-8-10(6-7-13(14)25-17(18)19)16-22-15(26-23-16)9-21-12-5-3-2-4-11(12)20/h2-8,17,21H,9H2,1H3. The normalized spacial score (nSPS) is 10.8. The summed E-state index contributed by atoms with van der Waals surface area (Å²) in [7, 11) is 1.37. The molecule has 3 rings (SSSR count). The molecule has 2 aromatic carbocycles. The molecule has 1 aromatic heterocycles. The number of ether oxygens (including phenoxy) is 2. The lowest BCUT2D eigenvalue weighted by Crippen LogP contribution is -2.03. The van der Waals surface area contributed by atoms with Crippen molar-refractivity contribution in [2.24, 2.45) is 0 Å². The van der Waals surface area contributed by atoms with Crippen LogP contribution in [-0.2, 0) is 6.54 Å². The summed E-state index contributed by atoms with van der Waals surface area (Å²) in [4.78, 5) is 4.30. The Morgan fingerprint density at radius 2 is 2.00 bits per heavy atom. The Morgan fingerprint density at radius 1 is 1.19 bits per heavy atom. The number of benzene rings is 2. The van der Waals surface area contributed by atoms with E-state index in [9.17, 15) is 8.78 Å². The minimum absolute atomic E-state index is 0.0599. The van der Waals surface area contributed by atoms with E-state index < -0.39 is 6.61 Å². The minimum atomic E-state index is -2.93. The number of para-hydroxylation sites is 1. The van der Waals surface area contributed by atoms with Crippen molar-refractivity contribution in [3.63, 3.8) is 0 Å². The third kappa shape index (κ3) is 4.40. The van der Waals surface area contributed by atoms with Crippen molar-refractivity contribution in [2.75, 3.05) is 12.4 Å². The number of anilines is 1. The number of halogens is 3. The van der Waals surface area contributed by atoms with Gasteiger partial charge in [-0.05, 0) is 52.9 Å². The maximum Gasteiger partial charge on any atom is 0.387 e. The summed E-state index contributed by atoms with van der Waals surface area (Å²) in [6.45, 7) is -2.57. The Hall–Kier alpha value is -2.43. The topological polar surface area (TPSA) is 69.4 Å². The van der Waals surface area contributed by atoms with Gasteiger partial charge in [-0.3, -0.25) is 0 Å². The molecule has 0 aliphatic heterocycles. The number of hydrogen-bond acceptors (Lipinski definition) is 6.